The van der Waals surface area contributed by atoms with E-state index in [0.29, 0.717) is 36.0 Å². The Morgan fingerprint density at radius 3 is 2.45 bits per heavy atom. The molecule has 1 aliphatic heterocycles. The molecule has 1 aliphatic rings. The zero-order chi connectivity index (χ0) is 40.5. The van der Waals surface area contributed by atoms with Gasteiger partial charge in [-0.1, -0.05) is 77.5 Å². The molecule has 7 rings (SSSR count). The van der Waals surface area contributed by atoms with Crippen molar-refractivity contribution >= 4 is 29.5 Å². The average molecular weight is 759 g/mol. The van der Waals surface area contributed by atoms with E-state index in [2.05, 4.69) is 33.4 Å². The Hall–Kier alpha value is -6.79. The van der Waals surface area contributed by atoms with Crippen molar-refractivity contribution in [2.75, 3.05) is 19.6 Å². The molecule has 3 aromatic carbocycles. The third kappa shape index (κ3) is 11.9. The Balaban J connectivity index is 0.000000506. The Morgan fingerprint density at radius 1 is 1.00 bits per heavy atom. The summed E-state index contributed by atoms with van der Waals surface area (Å²) in [4.78, 5) is 46.1. The predicted molar refractivity (Wildman–Crippen MR) is 210 cm³/mol. The van der Waals surface area contributed by atoms with Crippen LogP contribution in [-0.4, -0.2) is 79.4 Å². The second-order valence-corrected chi connectivity index (χ2v) is 12.4. The normalized spacial score (nSPS) is 13.5. The highest BCUT2D eigenvalue weighted by Crippen LogP contribution is 2.21. The zero-order valence-corrected chi connectivity index (χ0v) is 30.9. The number of nitrogens with one attached hydrogen (secondary N) is 1. The maximum Gasteiger partial charge on any atom is 0.242 e. The van der Waals surface area contributed by atoms with Crippen molar-refractivity contribution in [3.8, 4) is 30.0 Å². The number of carbonyl (C=O) groups excluding carboxylic acids is 3. The molecule has 14 heteroatoms. The van der Waals surface area contributed by atoms with Gasteiger partial charge in [-0.25, -0.2) is 15.4 Å². The molecule has 0 aliphatic carbocycles. The van der Waals surface area contributed by atoms with E-state index in [-0.39, 0.29) is 38.0 Å². The molecule has 0 spiro atoms. The second kappa shape index (κ2) is 21.2. The molecule has 0 bridgehead atoms. The topological polar surface area (TPSA) is 171 Å². The number of amides is 2. The van der Waals surface area contributed by atoms with E-state index in [0.717, 1.165) is 22.0 Å². The fourth-order valence-corrected chi connectivity index (χ4v) is 5.74. The first-order chi connectivity index (χ1) is 27.2. The van der Waals surface area contributed by atoms with Crippen molar-refractivity contribution in [2.45, 2.75) is 32.7 Å². The van der Waals surface area contributed by atoms with Gasteiger partial charge in [-0.2, -0.15) is 4.39 Å². The van der Waals surface area contributed by atoms with Crippen molar-refractivity contribution in [2.24, 2.45) is 5.73 Å². The summed E-state index contributed by atoms with van der Waals surface area (Å²) in [7, 11) is 0. The van der Waals surface area contributed by atoms with Crippen LogP contribution in [0.1, 0.15) is 22.5 Å². The minimum Gasteiger partial charge on any atom is -0.508 e. The fourth-order valence-electron chi connectivity index (χ4n) is 5.74. The fraction of sp³-hybridized carbons (Fsp3) is 0.190. The molecule has 3 aromatic heterocycles. The van der Waals surface area contributed by atoms with Crippen molar-refractivity contribution in [3.63, 3.8) is 0 Å². The zero-order valence-electron chi connectivity index (χ0n) is 30.9. The highest BCUT2D eigenvalue weighted by Gasteiger charge is 2.34. The molecule has 56 heavy (non-hydrogen) atoms. The maximum absolute atomic E-state index is 13.6. The molecule has 288 valence electrons. The van der Waals surface area contributed by atoms with Gasteiger partial charge in [0.15, 0.2) is 5.76 Å². The van der Waals surface area contributed by atoms with Crippen molar-refractivity contribution in [1.82, 2.24) is 35.4 Å². The van der Waals surface area contributed by atoms with Gasteiger partial charge in [0, 0.05) is 30.7 Å². The first kappa shape index (κ1) is 42.0. The van der Waals surface area contributed by atoms with Crippen LogP contribution in [0.3, 0.4) is 0 Å². The molecule has 4 N–H and O–H groups in total. The van der Waals surface area contributed by atoms with Gasteiger partial charge in [0.25, 0.3) is 0 Å². The number of carbonyl (C=O) groups is 3. The number of fused-ring (bicyclic) bond motifs is 1. The highest BCUT2D eigenvalue weighted by atomic mass is 19.1. The molecule has 2 amide bonds. The number of phenolic OH excluding ortho intramolecular Hbond substituents is 1. The third-order valence-electron chi connectivity index (χ3n) is 8.48. The number of piperazine rings is 1. The molecule has 0 saturated carbocycles. The Labute approximate surface area is 324 Å². The van der Waals surface area contributed by atoms with Gasteiger partial charge in [-0.05, 0) is 54.4 Å². The summed E-state index contributed by atoms with van der Waals surface area (Å²) < 4.78 is 19.1. The lowest BCUT2D eigenvalue weighted by molar-refractivity contribution is -0.150. The Morgan fingerprint density at radius 2 is 1.73 bits per heavy atom. The van der Waals surface area contributed by atoms with Crippen molar-refractivity contribution in [1.29, 1.82) is 0 Å². The number of pyridine rings is 2. The van der Waals surface area contributed by atoms with Crippen LogP contribution in [-0.2, 0) is 34.0 Å². The first-order valence-electron chi connectivity index (χ1n) is 17.4. The van der Waals surface area contributed by atoms with Crippen LogP contribution < -0.4 is 11.2 Å². The van der Waals surface area contributed by atoms with E-state index in [4.69, 9.17) is 20.2 Å². The number of hydrazine groups is 1. The standard InChI is InChI=1S/C32H31FN8O3.C7H8O.C2H2.CH2O/c33-29-13-5-12-27(37-29)28-15-24(44-38-28)18-40(36-16-22-7-2-1-3-8-22)20-32(43)41-21-31(42)39(19-30(41)34)17-23-9-4-11-26-25(23)10-6-14-35-26;1-6-2-4-7(8)5-3-6;2*1-2/h1-15,30,36H,16-21,34H2;2-5,8H,1H3;1-2H;1H2. The summed E-state index contributed by atoms with van der Waals surface area (Å²) in [5.41, 5.74) is 14.4. The summed E-state index contributed by atoms with van der Waals surface area (Å²) in [5, 5.41) is 15.4. The number of rotatable bonds is 10. The minimum atomic E-state index is -0.680. The maximum atomic E-state index is 13.6. The molecule has 1 unspecified atom stereocenters. The Kier molecular flexibility index (Phi) is 15.9. The number of nitrogens with two attached hydrogens (primary N) is 1. The van der Waals surface area contributed by atoms with Crippen molar-refractivity contribution in [3.05, 3.63) is 144 Å². The molecule has 1 atom stereocenters. The highest BCUT2D eigenvalue weighted by molar-refractivity contribution is 5.88. The monoisotopic (exact) mass is 758 g/mol. The molecule has 0 radical (unpaired) electrons. The third-order valence-corrected chi connectivity index (χ3v) is 8.48. The lowest BCUT2D eigenvalue weighted by Gasteiger charge is -2.40. The molecule has 1 fully saturated rings. The number of halogens is 1. The largest absolute Gasteiger partial charge is 0.508 e. The van der Waals surface area contributed by atoms with Gasteiger partial charge in [-0.15, -0.1) is 12.8 Å². The van der Waals surface area contributed by atoms with Crippen LogP contribution in [0.25, 0.3) is 22.3 Å². The number of hydrogen-bond acceptors (Lipinski definition) is 11. The smallest absolute Gasteiger partial charge is 0.242 e. The van der Waals surface area contributed by atoms with Crippen LogP contribution in [0.5, 0.6) is 5.75 Å². The van der Waals surface area contributed by atoms with Gasteiger partial charge >= 0.3 is 0 Å². The van der Waals surface area contributed by atoms with Crippen LogP contribution in [0.15, 0.2) is 120 Å². The number of nitrogens with zero attached hydrogens (tertiary/aromatic N) is 6. The predicted octanol–water partition coefficient (Wildman–Crippen LogP) is 4.85. The lowest BCUT2D eigenvalue weighted by atomic mass is 10.1. The quantitative estimate of drug-likeness (QED) is 0.0992. The van der Waals surface area contributed by atoms with Crippen molar-refractivity contribution < 1.29 is 28.4 Å². The summed E-state index contributed by atoms with van der Waals surface area (Å²) in [6.45, 7) is 4.95. The first-order valence-corrected chi connectivity index (χ1v) is 17.4. The molecule has 4 heterocycles. The number of terminal acetylenes is 1. The van der Waals surface area contributed by atoms with E-state index >= 15 is 0 Å². The van der Waals surface area contributed by atoms with Gasteiger partial charge in [0.05, 0.1) is 37.0 Å². The summed E-state index contributed by atoms with van der Waals surface area (Å²) >= 11 is 0. The molecule has 13 nitrogen and oxygen atoms in total. The molecule has 6 aromatic rings. The number of aryl methyl sites for hydroxylation is 1. The Bertz CT molecular complexity index is 2150. The van der Waals surface area contributed by atoms with Gasteiger partial charge in [0.1, 0.15) is 24.8 Å². The van der Waals surface area contributed by atoms with E-state index in [1.54, 1.807) is 46.4 Å². The van der Waals surface area contributed by atoms with E-state index in [9.17, 15) is 14.0 Å². The number of aromatic nitrogens is 3. The van der Waals surface area contributed by atoms with Crippen LogP contribution in [0.4, 0.5) is 4.39 Å². The van der Waals surface area contributed by atoms with E-state index in [1.807, 2.05) is 86.5 Å². The SMILES string of the molecule is C#C.C=O.Cc1ccc(O)cc1.NC1CN(Cc2cccc3ncccc23)C(=O)CN1C(=O)CN(Cc1cc(-c2cccc(F)n2)no1)NCc1ccccc1. The number of benzene rings is 3. The summed E-state index contributed by atoms with van der Waals surface area (Å²) in [6, 6.07) is 32.6. The van der Waals surface area contributed by atoms with Crippen LogP contribution >= 0.6 is 0 Å². The van der Waals surface area contributed by atoms with Crippen LogP contribution in [0, 0.1) is 25.7 Å². The molecule has 1 saturated heterocycles. The summed E-state index contributed by atoms with van der Waals surface area (Å²) in [6.07, 6.45) is 9.05. The average Bonchev–Trinajstić information content (AvgIpc) is 3.70. The lowest BCUT2D eigenvalue weighted by Crippen LogP contribution is -2.62. The van der Waals surface area contributed by atoms with E-state index < -0.39 is 12.1 Å². The van der Waals surface area contributed by atoms with Gasteiger partial charge < -0.3 is 30.0 Å². The minimum absolute atomic E-state index is 0.0863. The van der Waals surface area contributed by atoms with Crippen LogP contribution in [0.2, 0.25) is 0 Å². The number of phenols is 1. The number of aromatic hydroxyl groups is 1. The molecular weight excluding hydrogens is 716 g/mol. The summed E-state index contributed by atoms with van der Waals surface area (Å²) in [5.74, 6) is -0.354. The molecular formula is C42H43FN8O5. The van der Waals surface area contributed by atoms with Gasteiger partial charge in [-0.3, -0.25) is 14.6 Å². The van der Waals surface area contributed by atoms with Gasteiger partial charge in [0.2, 0.25) is 17.8 Å². The number of hydrogen-bond donors (Lipinski definition) is 3. The van der Waals surface area contributed by atoms with E-state index in [1.165, 1.54) is 16.5 Å². The second-order valence-electron chi connectivity index (χ2n) is 12.4.